The second-order valence-corrected chi connectivity index (χ2v) is 4.97. The van der Waals surface area contributed by atoms with Gasteiger partial charge in [-0.3, -0.25) is 9.69 Å². The first-order valence-electron chi connectivity index (χ1n) is 6.00. The SMILES string of the molecule is CN(C(=O)C1(C)CCCC1N)c1ccccn1. The molecule has 1 heterocycles. The highest BCUT2D eigenvalue weighted by Crippen LogP contribution is 2.38. The second kappa shape index (κ2) is 4.45. The Morgan fingerprint density at radius 2 is 2.35 bits per heavy atom. The van der Waals surface area contributed by atoms with Crippen molar-refractivity contribution in [1.82, 2.24) is 4.98 Å². The zero-order chi connectivity index (χ0) is 12.5. The van der Waals surface area contributed by atoms with Crippen LogP contribution in [0.25, 0.3) is 0 Å². The molecule has 2 atom stereocenters. The van der Waals surface area contributed by atoms with E-state index in [-0.39, 0.29) is 11.9 Å². The van der Waals surface area contributed by atoms with Crippen molar-refractivity contribution in [2.24, 2.45) is 11.1 Å². The van der Waals surface area contributed by atoms with Crippen molar-refractivity contribution in [1.29, 1.82) is 0 Å². The van der Waals surface area contributed by atoms with E-state index >= 15 is 0 Å². The molecule has 0 radical (unpaired) electrons. The van der Waals surface area contributed by atoms with E-state index in [0.29, 0.717) is 5.82 Å². The first-order valence-corrected chi connectivity index (χ1v) is 6.00. The quantitative estimate of drug-likeness (QED) is 0.843. The van der Waals surface area contributed by atoms with Gasteiger partial charge in [0, 0.05) is 19.3 Å². The van der Waals surface area contributed by atoms with Crippen LogP contribution in [0, 0.1) is 5.41 Å². The van der Waals surface area contributed by atoms with Gasteiger partial charge in [0.05, 0.1) is 5.41 Å². The van der Waals surface area contributed by atoms with Crippen LogP contribution < -0.4 is 10.6 Å². The fraction of sp³-hybridized carbons (Fsp3) is 0.538. The Bertz CT molecular complexity index is 406. The van der Waals surface area contributed by atoms with Gasteiger partial charge in [0.15, 0.2) is 0 Å². The number of carbonyl (C=O) groups excluding carboxylic acids is 1. The van der Waals surface area contributed by atoms with Crippen LogP contribution in [0.15, 0.2) is 24.4 Å². The Kier molecular flexibility index (Phi) is 3.15. The number of pyridine rings is 1. The minimum Gasteiger partial charge on any atom is -0.327 e. The molecule has 1 saturated carbocycles. The van der Waals surface area contributed by atoms with Crippen molar-refractivity contribution in [3.63, 3.8) is 0 Å². The highest BCUT2D eigenvalue weighted by molar-refractivity contribution is 5.96. The molecule has 0 aliphatic heterocycles. The van der Waals surface area contributed by atoms with E-state index in [4.69, 9.17) is 5.73 Å². The average molecular weight is 233 g/mol. The number of anilines is 1. The first kappa shape index (κ1) is 12.0. The van der Waals surface area contributed by atoms with Gasteiger partial charge in [0.25, 0.3) is 0 Å². The van der Waals surface area contributed by atoms with Gasteiger partial charge >= 0.3 is 0 Å². The van der Waals surface area contributed by atoms with Gasteiger partial charge < -0.3 is 5.73 Å². The smallest absolute Gasteiger partial charge is 0.235 e. The van der Waals surface area contributed by atoms with Gasteiger partial charge in [-0.2, -0.15) is 0 Å². The summed E-state index contributed by atoms with van der Waals surface area (Å²) in [6.45, 7) is 1.96. The number of aromatic nitrogens is 1. The van der Waals surface area contributed by atoms with Gasteiger partial charge in [-0.1, -0.05) is 12.5 Å². The number of hydrogen-bond acceptors (Lipinski definition) is 3. The summed E-state index contributed by atoms with van der Waals surface area (Å²) in [5.74, 6) is 0.749. The third-order valence-corrected chi connectivity index (χ3v) is 3.82. The lowest BCUT2D eigenvalue weighted by Gasteiger charge is -2.31. The zero-order valence-corrected chi connectivity index (χ0v) is 10.4. The van der Waals surface area contributed by atoms with Crippen molar-refractivity contribution in [2.75, 3.05) is 11.9 Å². The number of nitrogens with two attached hydrogens (primary N) is 1. The van der Waals surface area contributed by atoms with Crippen LogP contribution in [-0.2, 0) is 4.79 Å². The Hall–Kier alpha value is -1.42. The molecule has 0 aromatic carbocycles. The van der Waals surface area contributed by atoms with E-state index in [1.807, 2.05) is 25.1 Å². The second-order valence-electron chi connectivity index (χ2n) is 4.97. The van der Waals surface area contributed by atoms with Gasteiger partial charge in [0.1, 0.15) is 5.82 Å². The lowest BCUT2D eigenvalue weighted by molar-refractivity contribution is -0.127. The average Bonchev–Trinajstić information content (AvgIpc) is 2.70. The van der Waals surface area contributed by atoms with Crippen LogP contribution in [-0.4, -0.2) is 24.0 Å². The van der Waals surface area contributed by atoms with Crippen LogP contribution >= 0.6 is 0 Å². The summed E-state index contributed by atoms with van der Waals surface area (Å²) in [4.78, 5) is 18.3. The molecule has 1 aliphatic rings. The first-order chi connectivity index (χ1) is 8.05. The molecule has 2 unspecified atom stereocenters. The number of rotatable bonds is 2. The number of carbonyl (C=O) groups is 1. The minimum atomic E-state index is -0.438. The molecule has 0 bridgehead atoms. The molecule has 1 aliphatic carbocycles. The number of hydrogen-bond donors (Lipinski definition) is 1. The summed E-state index contributed by atoms with van der Waals surface area (Å²) in [5, 5.41) is 0. The summed E-state index contributed by atoms with van der Waals surface area (Å²) in [6.07, 6.45) is 4.51. The van der Waals surface area contributed by atoms with Crippen molar-refractivity contribution in [3.05, 3.63) is 24.4 Å². The number of amides is 1. The molecule has 1 amide bonds. The van der Waals surface area contributed by atoms with Gasteiger partial charge in [-0.25, -0.2) is 4.98 Å². The van der Waals surface area contributed by atoms with Crippen molar-refractivity contribution >= 4 is 11.7 Å². The summed E-state index contributed by atoms with van der Waals surface area (Å²) in [6, 6.07) is 5.51. The van der Waals surface area contributed by atoms with E-state index in [1.165, 1.54) is 0 Å². The largest absolute Gasteiger partial charge is 0.327 e. The van der Waals surface area contributed by atoms with Gasteiger partial charge in [-0.05, 0) is 31.9 Å². The normalized spacial score (nSPS) is 28.1. The fourth-order valence-corrected chi connectivity index (χ4v) is 2.50. The van der Waals surface area contributed by atoms with Gasteiger partial charge in [-0.15, -0.1) is 0 Å². The maximum atomic E-state index is 12.5. The molecular formula is C13H19N3O. The molecule has 4 nitrogen and oxygen atoms in total. The van der Waals surface area contributed by atoms with E-state index in [2.05, 4.69) is 4.98 Å². The molecule has 0 saturated heterocycles. The van der Waals surface area contributed by atoms with Crippen LogP contribution in [0.4, 0.5) is 5.82 Å². The molecule has 1 aromatic rings. The molecule has 0 spiro atoms. The Labute approximate surface area is 102 Å². The third kappa shape index (κ3) is 2.05. The van der Waals surface area contributed by atoms with Crippen LogP contribution in [0.5, 0.6) is 0 Å². The molecule has 1 aromatic heterocycles. The molecule has 17 heavy (non-hydrogen) atoms. The maximum absolute atomic E-state index is 12.5. The maximum Gasteiger partial charge on any atom is 0.235 e. The fourth-order valence-electron chi connectivity index (χ4n) is 2.50. The molecule has 92 valence electrons. The van der Waals surface area contributed by atoms with Crippen LogP contribution in [0.2, 0.25) is 0 Å². The standard InChI is InChI=1S/C13H19N3O/c1-13(8-5-6-10(13)14)12(17)16(2)11-7-3-4-9-15-11/h3-4,7,9-10H,5-6,8,14H2,1-2H3. The van der Waals surface area contributed by atoms with Crippen LogP contribution in [0.1, 0.15) is 26.2 Å². The predicted molar refractivity (Wildman–Crippen MR) is 67.6 cm³/mol. The third-order valence-electron chi connectivity index (χ3n) is 3.82. The number of nitrogens with zero attached hydrogens (tertiary/aromatic N) is 2. The van der Waals surface area contributed by atoms with Crippen molar-refractivity contribution < 1.29 is 4.79 Å². The topological polar surface area (TPSA) is 59.2 Å². The van der Waals surface area contributed by atoms with E-state index in [1.54, 1.807) is 18.1 Å². The zero-order valence-electron chi connectivity index (χ0n) is 10.4. The van der Waals surface area contributed by atoms with Crippen LogP contribution in [0.3, 0.4) is 0 Å². The predicted octanol–water partition coefficient (Wildman–Crippen LogP) is 1.56. The molecular weight excluding hydrogens is 214 g/mol. The lowest BCUT2D eigenvalue weighted by atomic mass is 9.83. The highest BCUT2D eigenvalue weighted by Gasteiger charge is 2.44. The summed E-state index contributed by atoms with van der Waals surface area (Å²) in [7, 11) is 1.76. The van der Waals surface area contributed by atoms with Gasteiger partial charge in [0.2, 0.25) is 5.91 Å². The van der Waals surface area contributed by atoms with E-state index < -0.39 is 5.41 Å². The summed E-state index contributed by atoms with van der Waals surface area (Å²) >= 11 is 0. The molecule has 2 N–H and O–H groups in total. The molecule has 1 fully saturated rings. The molecule has 4 heteroatoms. The Balaban J connectivity index is 2.21. The van der Waals surface area contributed by atoms with E-state index in [0.717, 1.165) is 19.3 Å². The van der Waals surface area contributed by atoms with Crippen molar-refractivity contribution in [2.45, 2.75) is 32.2 Å². The molecule has 2 rings (SSSR count). The lowest BCUT2D eigenvalue weighted by Crippen LogP contribution is -2.48. The summed E-state index contributed by atoms with van der Waals surface area (Å²) in [5.41, 5.74) is 5.62. The van der Waals surface area contributed by atoms with E-state index in [9.17, 15) is 4.79 Å². The van der Waals surface area contributed by atoms with Crippen molar-refractivity contribution in [3.8, 4) is 0 Å². The summed E-state index contributed by atoms with van der Waals surface area (Å²) < 4.78 is 0. The Morgan fingerprint density at radius 1 is 1.59 bits per heavy atom. The highest BCUT2D eigenvalue weighted by atomic mass is 16.2. The Morgan fingerprint density at radius 3 is 2.88 bits per heavy atom. The monoisotopic (exact) mass is 233 g/mol. The minimum absolute atomic E-state index is 0.0406.